The Morgan fingerprint density at radius 1 is 1.47 bits per heavy atom. The molecule has 0 heterocycles. The second-order valence-electron chi connectivity index (χ2n) is 5.80. The molecule has 0 fully saturated rings. The van der Waals surface area contributed by atoms with E-state index in [9.17, 15) is 4.79 Å². The van der Waals surface area contributed by atoms with Gasteiger partial charge in [0.15, 0.2) is 0 Å². The van der Waals surface area contributed by atoms with Gasteiger partial charge in [-0.3, -0.25) is 4.79 Å². The third kappa shape index (κ3) is 4.96. The van der Waals surface area contributed by atoms with Gasteiger partial charge in [0, 0.05) is 28.9 Å². The van der Waals surface area contributed by atoms with Gasteiger partial charge in [-0.15, -0.1) is 0 Å². The van der Waals surface area contributed by atoms with Crippen LogP contribution in [0.4, 0.5) is 0 Å². The van der Waals surface area contributed by atoms with Crippen molar-refractivity contribution in [2.24, 2.45) is 5.73 Å². The zero-order valence-corrected chi connectivity index (χ0v) is 13.7. The third-order valence-electron chi connectivity index (χ3n) is 3.16. The Morgan fingerprint density at radius 3 is 2.68 bits per heavy atom. The van der Waals surface area contributed by atoms with E-state index in [-0.39, 0.29) is 17.4 Å². The Kier molecular flexibility index (Phi) is 5.56. The molecule has 3 nitrogen and oxygen atoms in total. The molecule has 4 heteroatoms. The van der Waals surface area contributed by atoms with Crippen molar-refractivity contribution >= 4 is 21.8 Å². The average Bonchev–Trinajstić information content (AvgIpc) is 2.29. The van der Waals surface area contributed by atoms with Crippen LogP contribution in [0, 0.1) is 6.92 Å². The molecule has 1 rings (SSSR count). The SMILES string of the molecule is Cc1ccc(Br)cc1C(C)(C)CNC(=O)CC(C)N. The monoisotopic (exact) mass is 326 g/mol. The highest BCUT2D eigenvalue weighted by molar-refractivity contribution is 9.10. The molecule has 0 bridgehead atoms. The Balaban J connectivity index is 2.75. The molecule has 1 amide bonds. The van der Waals surface area contributed by atoms with E-state index >= 15 is 0 Å². The fraction of sp³-hybridized carbons (Fsp3) is 0.533. The molecule has 0 aromatic heterocycles. The number of aryl methyl sites for hydroxylation is 1. The topological polar surface area (TPSA) is 55.1 Å². The third-order valence-corrected chi connectivity index (χ3v) is 3.66. The maximum atomic E-state index is 11.7. The minimum absolute atomic E-state index is 0.00993. The lowest BCUT2D eigenvalue weighted by Gasteiger charge is -2.28. The van der Waals surface area contributed by atoms with Crippen molar-refractivity contribution in [1.82, 2.24) is 5.32 Å². The summed E-state index contributed by atoms with van der Waals surface area (Å²) in [5.41, 5.74) is 7.98. The number of hydrogen-bond donors (Lipinski definition) is 2. The van der Waals surface area contributed by atoms with E-state index in [2.05, 4.69) is 54.2 Å². The van der Waals surface area contributed by atoms with Crippen molar-refractivity contribution in [2.75, 3.05) is 6.54 Å². The van der Waals surface area contributed by atoms with Crippen LogP contribution in [0.15, 0.2) is 22.7 Å². The number of rotatable bonds is 5. The maximum absolute atomic E-state index is 11.7. The molecular formula is C15H23BrN2O. The smallest absolute Gasteiger partial charge is 0.221 e. The zero-order chi connectivity index (χ0) is 14.6. The van der Waals surface area contributed by atoms with Gasteiger partial charge in [0.25, 0.3) is 0 Å². The Bertz CT molecular complexity index is 455. The van der Waals surface area contributed by atoms with E-state index in [1.807, 2.05) is 13.0 Å². The van der Waals surface area contributed by atoms with Gasteiger partial charge in [0.2, 0.25) is 5.91 Å². The van der Waals surface area contributed by atoms with Crippen LogP contribution in [-0.2, 0) is 10.2 Å². The van der Waals surface area contributed by atoms with Crippen LogP contribution >= 0.6 is 15.9 Å². The van der Waals surface area contributed by atoms with E-state index in [1.54, 1.807) is 0 Å². The number of nitrogens with one attached hydrogen (secondary N) is 1. The summed E-state index contributed by atoms with van der Waals surface area (Å²) in [5.74, 6) is 0.00993. The largest absolute Gasteiger partial charge is 0.355 e. The predicted molar refractivity (Wildman–Crippen MR) is 83.2 cm³/mol. The molecule has 0 radical (unpaired) electrons. The van der Waals surface area contributed by atoms with Crippen LogP contribution < -0.4 is 11.1 Å². The van der Waals surface area contributed by atoms with E-state index < -0.39 is 0 Å². The molecule has 0 spiro atoms. The van der Waals surface area contributed by atoms with Crippen molar-refractivity contribution < 1.29 is 4.79 Å². The first-order valence-electron chi connectivity index (χ1n) is 6.51. The molecule has 1 atom stereocenters. The summed E-state index contributed by atoms with van der Waals surface area (Å²) in [5, 5.41) is 2.97. The summed E-state index contributed by atoms with van der Waals surface area (Å²) in [7, 11) is 0. The molecular weight excluding hydrogens is 304 g/mol. The number of halogens is 1. The van der Waals surface area contributed by atoms with Crippen molar-refractivity contribution in [3.05, 3.63) is 33.8 Å². The summed E-state index contributed by atoms with van der Waals surface area (Å²) in [4.78, 5) is 11.7. The molecule has 19 heavy (non-hydrogen) atoms. The van der Waals surface area contributed by atoms with Crippen molar-refractivity contribution in [1.29, 1.82) is 0 Å². The molecule has 0 aliphatic carbocycles. The molecule has 1 aromatic rings. The van der Waals surface area contributed by atoms with E-state index in [1.165, 1.54) is 11.1 Å². The molecule has 1 aromatic carbocycles. The lowest BCUT2D eigenvalue weighted by Crippen LogP contribution is -2.39. The number of benzene rings is 1. The van der Waals surface area contributed by atoms with Crippen LogP contribution in [-0.4, -0.2) is 18.5 Å². The van der Waals surface area contributed by atoms with Crippen molar-refractivity contribution in [3.8, 4) is 0 Å². The summed E-state index contributed by atoms with van der Waals surface area (Å²) in [6.07, 6.45) is 0.369. The first-order chi connectivity index (χ1) is 8.72. The normalized spacial score (nSPS) is 13.2. The number of nitrogens with two attached hydrogens (primary N) is 1. The van der Waals surface area contributed by atoms with Gasteiger partial charge in [-0.25, -0.2) is 0 Å². The molecule has 106 valence electrons. The van der Waals surface area contributed by atoms with E-state index in [4.69, 9.17) is 5.73 Å². The number of carbonyl (C=O) groups excluding carboxylic acids is 1. The molecule has 0 aliphatic heterocycles. The second-order valence-corrected chi connectivity index (χ2v) is 6.72. The van der Waals surface area contributed by atoms with Crippen LogP contribution in [0.25, 0.3) is 0 Å². The fourth-order valence-corrected chi connectivity index (χ4v) is 2.46. The molecule has 3 N–H and O–H groups in total. The molecule has 0 saturated carbocycles. The van der Waals surface area contributed by atoms with Gasteiger partial charge in [0.1, 0.15) is 0 Å². The Morgan fingerprint density at radius 2 is 2.11 bits per heavy atom. The highest BCUT2D eigenvalue weighted by atomic mass is 79.9. The number of hydrogen-bond acceptors (Lipinski definition) is 2. The first kappa shape index (κ1) is 16.2. The van der Waals surface area contributed by atoms with Gasteiger partial charge in [-0.05, 0) is 37.1 Å². The van der Waals surface area contributed by atoms with Gasteiger partial charge in [-0.2, -0.15) is 0 Å². The Hall–Kier alpha value is -0.870. The van der Waals surface area contributed by atoms with Crippen LogP contribution in [0.1, 0.15) is 38.3 Å². The van der Waals surface area contributed by atoms with Gasteiger partial charge < -0.3 is 11.1 Å². The summed E-state index contributed by atoms with van der Waals surface area (Å²) in [6.45, 7) is 8.80. The van der Waals surface area contributed by atoms with Crippen LogP contribution in [0.5, 0.6) is 0 Å². The highest BCUT2D eigenvalue weighted by Crippen LogP contribution is 2.28. The van der Waals surface area contributed by atoms with Crippen molar-refractivity contribution in [3.63, 3.8) is 0 Å². The van der Waals surface area contributed by atoms with Gasteiger partial charge in [0.05, 0.1) is 0 Å². The standard InChI is InChI=1S/C15H23BrN2O/c1-10-5-6-12(16)8-13(10)15(3,4)9-18-14(19)7-11(2)17/h5-6,8,11H,7,9,17H2,1-4H3,(H,18,19). The van der Waals surface area contributed by atoms with Crippen LogP contribution in [0.3, 0.4) is 0 Å². The predicted octanol–water partition coefficient (Wildman–Crippen LogP) is 2.89. The zero-order valence-electron chi connectivity index (χ0n) is 12.1. The summed E-state index contributed by atoms with van der Waals surface area (Å²) >= 11 is 3.50. The minimum atomic E-state index is -0.110. The summed E-state index contributed by atoms with van der Waals surface area (Å²) < 4.78 is 1.06. The highest BCUT2D eigenvalue weighted by Gasteiger charge is 2.23. The van der Waals surface area contributed by atoms with Gasteiger partial charge in [-0.1, -0.05) is 35.8 Å². The quantitative estimate of drug-likeness (QED) is 0.874. The van der Waals surface area contributed by atoms with E-state index in [0.717, 1.165) is 4.47 Å². The first-order valence-corrected chi connectivity index (χ1v) is 7.30. The van der Waals surface area contributed by atoms with Crippen molar-refractivity contribution in [2.45, 2.75) is 45.6 Å². The fourth-order valence-electron chi connectivity index (χ4n) is 2.10. The molecule has 0 saturated heterocycles. The molecule has 1 unspecified atom stereocenters. The second kappa shape index (κ2) is 6.53. The minimum Gasteiger partial charge on any atom is -0.355 e. The lowest BCUT2D eigenvalue weighted by atomic mass is 9.82. The number of carbonyl (C=O) groups is 1. The molecule has 0 aliphatic rings. The maximum Gasteiger partial charge on any atom is 0.221 e. The van der Waals surface area contributed by atoms with Gasteiger partial charge >= 0.3 is 0 Å². The average molecular weight is 327 g/mol. The van der Waals surface area contributed by atoms with Crippen LogP contribution in [0.2, 0.25) is 0 Å². The lowest BCUT2D eigenvalue weighted by molar-refractivity contribution is -0.121. The summed E-state index contributed by atoms with van der Waals surface area (Å²) in [6, 6.07) is 6.14. The Labute approximate surface area is 124 Å². The van der Waals surface area contributed by atoms with E-state index in [0.29, 0.717) is 13.0 Å². The number of amides is 1.